The highest BCUT2D eigenvalue weighted by molar-refractivity contribution is 6.05. The van der Waals surface area contributed by atoms with E-state index in [0.29, 0.717) is 17.0 Å². The van der Waals surface area contributed by atoms with Crippen LogP contribution in [0.4, 0.5) is 0 Å². The Labute approximate surface area is 118 Å². The standard InChI is InChI=1S/C14H11BN4O/c1-9-10(2)18-19-14(17-9)13(20-15)12(8-16)11-6-4-3-5-7-11/h3-7H,1-2H3. The van der Waals surface area contributed by atoms with E-state index in [0.717, 1.165) is 0 Å². The van der Waals surface area contributed by atoms with E-state index in [4.69, 9.17) is 12.7 Å². The predicted molar refractivity (Wildman–Crippen MR) is 75.0 cm³/mol. The van der Waals surface area contributed by atoms with Crippen LogP contribution < -0.4 is 0 Å². The fraction of sp³-hybridized carbons (Fsp3) is 0.143. The molecule has 2 aromatic rings. The predicted octanol–water partition coefficient (Wildman–Crippen LogP) is 1.98. The number of benzene rings is 1. The molecule has 0 aliphatic heterocycles. The van der Waals surface area contributed by atoms with Crippen molar-refractivity contribution in [1.29, 1.82) is 5.26 Å². The van der Waals surface area contributed by atoms with E-state index in [1.807, 2.05) is 18.2 Å². The number of aromatic nitrogens is 3. The highest BCUT2D eigenvalue weighted by Crippen LogP contribution is 2.24. The lowest BCUT2D eigenvalue weighted by atomic mass is 10.1. The first-order chi connectivity index (χ1) is 9.67. The number of rotatable bonds is 3. The summed E-state index contributed by atoms with van der Waals surface area (Å²) in [7, 11) is 5.29. The van der Waals surface area contributed by atoms with Crippen molar-refractivity contribution in [3.05, 3.63) is 53.1 Å². The van der Waals surface area contributed by atoms with Gasteiger partial charge >= 0.3 is 8.05 Å². The maximum absolute atomic E-state index is 9.35. The Kier molecular flexibility index (Phi) is 4.11. The second-order valence-electron chi connectivity index (χ2n) is 4.11. The normalized spacial score (nSPS) is 11.4. The number of nitriles is 1. The molecule has 0 atom stereocenters. The maximum atomic E-state index is 9.35. The summed E-state index contributed by atoms with van der Waals surface area (Å²) in [6, 6.07) is 11.1. The highest BCUT2D eigenvalue weighted by Gasteiger charge is 2.15. The minimum atomic E-state index is 0.106. The highest BCUT2D eigenvalue weighted by atomic mass is 16.4. The molecule has 0 saturated carbocycles. The number of hydrogen-bond acceptors (Lipinski definition) is 5. The van der Waals surface area contributed by atoms with Crippen LogP contribution >= 0.6 is 0 Å². The first-order valence-electron chi connectivity index (χ1n) is 5.92. The Balaban J connectivity index is 2.62. The average Bonchev–Trinajstić information content (AvgIpc) is 2.48. The third kappa shape index (κ3) is 2.67. The smallest absolute Gasteiger partial charge is 0.374 e. The zero-order chi connectivity index (χ0) is 14.5. The summed E-state index contributed by atoms with van der Waals surface area (Å²) in [5, 5.41) is 17.2. The maximum Gasteiger partial charge on any atom is 0.374 e. The monoisotopic (exact) mass is 262 g/mol. The van der Waals surface area contributed by atoms with Gasteiger partial charge in [0.05, 0.1) is 11.4 Å². The summed E-state index contributed by atoms with van der Waals surface area (Å²) >= 11 is 0. The van der Waals surface area contributed by atoms with Crippen molar-refractivity contribution in [2.45, 2.75) is 13.8 Å². The minimum Gasteiger partial charge on any atom is -0.564 e. The zero-order valence-electron chi connectivity index (χ0n) is 11.2. The van der Waals surface area contributed by atoms with Crippen LogP contribution in [0.1, 0.15) is 22.8 Å². The Morgan fingerprint density at radius 1 is 1.15 bits per heavy atom. The van der Waals surface area contributed by atoms with Gasteiger partial charge in [0.15, 0.2) is 5.76 Å². The molecule has 0 aliphatic carbocycles. The first-order valence-corrected chi connectivity index (χ1v) is 5.92. The topological polar surface area (TPSA) is 71.7 Å². The van der Waals surface area contributed by atoms with E-state index in [1.54, 1.807) is 26.0 Å². The van der Waals surface area contributed by atoms with Gasteiger partial charge in [0, 0.05) is 0 Å². The SMILES string of the molecule is [B]OC(=C(C#N)c1ccccc1)c1nnc(C)c(C)n1. The molecule has 6 heteroatoms. The molecule has 0 saturated heterocycles. The van der Waals surface area contributed by atoms with Crippen LogP contribution in [0.3, 0.4) is 0 Å². The lowest BCUT2D eigenvalue weighted by molar-refractivity contribution is 0.562. The van der Waals surface area contributed by atoms with Gasteiger partial charge in [-0.05, 0) is 19.4 Å². The van der Waals surface area contributed by atoms with Gasteiger partial charge in [0.2, 0.25) is 5.82 Å². The molecule has 0 unspecified atom stereocenters. The van der Waals surface area contributed by atoms with Crippen molar-refractivity contribution in [3.8, 4) is 6.07 Å². The molecule has 1 aromatic heterocycles. The molecule has 0 spiro atoms. The molecule has 0 N–H and O–H groups in total. The van der Waals surface area contributed by atoms with Gasteiger partial charge < -0.3 is 4.65 Å². The van der Waals surface area contributed by atoms with Crippen LogP contribution in [-0.2, 0) is 4.65 Å². The Bertz CT molecular complexity index is 692. The van der Waals surface area contributed by atoms with Crippen molar-refractivity contribution in [3.63, 3.8) is 0 Å². The van der Waals surface area contributed by atoms with E-state index < -0.39 is 0 Å². The second kappa shape index (κ2) is 5.98. The zero-order valence-corrected chi connectivity index (χ0v) is 11.2. The molecule has 5 nitrogen and oxygen atoms in total. The Morgan fingerprint density at radius 2 is 1.85 bits per heavy atom. The Morgan fingerprint density at radius 3 is 2.40 bits per heavy atom. The van der Waals surface area contributed by atoms with Gasteiger partial charge in [0.25, 0.3) is 0 Å². The summed E-state index contributed by atoms with van der Waals surface area (Å²) in [5.74, 6) is 0.297. The molecule has 0 bridgehead atoms. The van der Waals surface area contributed by atoms with E-state index in [1.165, 1.54) is 0 Å². The van der Waals surface area contributed by atoms with Crippen molar-refractivity contribution < 1.29 is 4.65 Å². The van der Waals surface area contributed by atoms with Crippen LogP contribution in [-0.4, -0.2) is 23.2 Å². The van der Waals surface area contributed by atoms with Crippen LogP contribution in [0.2, 0.25) is 0 Å². The third-order valence-electron chi connectivity index (χ3n) is 2.81. The second-order valence-corrected chi connectivity index (χ2v) is 4.11. The quantitative estimate of drug-likeness (QED) is 0.480. The van der Waals surface area contributed by atoms with Gasteiger partial charge in [-0.15, -0.1) is 5.10 Å². The number of aryl methyl sites for hydroxylation is 2. The largest absolute Gasteiger partial charge is 0.564 e. The van der Waals surface area contributed by atoms with Crippen molar-refractivity contribution in [2.75, 3.05) is 0 Å². The molecule has 96 valence electrons. The van der Waals surface area contributed by atoms with Gasteiger partial charge in [-0.2, -0.15) is 10.4 Å². The van der Waals surface area contributed by atoms with Crippen LogP contribution in [0.15, 0.2) is 30.3 Å². The summed E-state index contributed by atoms with van der Waals surface area (Å²) in [6.45, 7) is 3.60. The van der Waals surface area contributed by atoms with Crippen LogP contribution in [0.25, 0.3) is 11.3 Å². The van der Waals surface area contributed by atoms with E-state index in [9.17, 15) is 5.26 Å². The lowest BCUT2D eigenvalue weighted by Crippen LogP contribution is -2.05. The van der Waals surface area contributed by atoms with Crippen molar-refractivity contribution in [1.82, 2.24) is 15.2 Å². The molecule has 0 aliphatic rings. The van der Waals surface area contributed by atoms with E-state index >= 15 is 0 Å². The molecule has 20 heavy (non-hydrogen) atoms. The van der Waals surface area contributed by atoms with Gasteiger partial charge in [-0.1, -0.05) is 30.3 Å². The lowest BCUT2D eigenvalue weighted by Gasteiger charge is -2.09. The molecular formula is C14H11BN4O. The number of allylic oxidation sites excluding steroid dienone is 1. The first kappa shape index (κ1) is 13.7. The Hall–Kier alpha value is -2.68. The van der Waals surface area contributed by atoms with E-state index in [-0.39, 0.29) is 17.2 Å². The third-order valence-corrected chi connectivity index (χ3v) is 2.81. The fourth-order valence-corrected chi connectivity index (χ4v) is 1.63. The fourth-order valence-electron chi connectivity index (χ4n) is 1.63. The average molecular weight is 262 g/mol. The molecule has 1 heterocycles. The van der Waals surface area contributed by atoms with E-state index in [2.05, 4.69) is 21.3 Å². The number of hydrogen-bond donors (Lipinski definition) is 0. The summed E-state index contributed by atoms with van der Waals surface area (Å²) < 4.78 is 4.83. The summed E-state index contributed by atoms with van der Waals surface area (Å²) in [4.78, 5) is 4.25. The summed E-state index contributed by atoms with van der Waals surface area (Å²) in [5.41, 5.74) is 2.36. The minimum absolute atomic E-state index is 0.106. The molecule has 0 amide bonds. The number of nitrogens with zero attached hydrogens (tertiary/aromatic N) is 4. The van der Waals surface area contributed by atoms with Gasteiger partial charge in [-0.25, -0.2) is 4.98 Å². The summed E-state index contributed by atoms with van der Waals surface area (Å²) in [6.07, 6.45) is 0. The van der Waals surface area contributed by atoms with Crippen molar-refractivity contribution in [2.24, 2.45) is 0 Å². The van der Waals surface area contributed by atoms with Crippen LogP contribution in [0.5, 0.6) is 0 Å². The molecule has 1 aromatic carbocycles. The molecule has 2 radical (unpaired) electrons. The van der Waals surface area contributed by atoms with Crippen molar-refractivity contribution >= 4 is 19.4 Å². The molecular weight excluding hydrogens is 251 g/mol. The molecule has 0 fully saturated rings. The van der Waals surface area contributed by atoms with Gasteiger partial charge in [-0.3, -0.25) is 0 Å². The van der Waals surface area contributed by atoms with Gasteiger partial charge in [0.1, 0.15) is 11.6 Å². The molecule has 2 rings (SSSR count). The van der Waals surface area contributed by atoms with Crippen LogP contribution in [0, 0.1) is 25.2 Å².